The molecule has 7 heteroatoms. The van der Waals surface area contributed by atoms with Crippen molar-refractivity contribution in [3.63, 3.8) is 0 Å². The van der Waals surface area contributed by atoms with Gasteiger partial charge in [0.15, 0.2) is 0 Å². The molecular weight excluding hydrogens is 386 g/mol. The summed E-state index contributed by atoms with van der Waals surface area (Å²) in [5, 5.41) is 9.39. The lowest BCUT2D eigenvalue weighted by atomic mass is 10.1. The molecular formula is C22H17N3O3S. The van der Waals surface area contributed by atoms with Gasteiger partial charge in [-0.25, -0.2) is 13.2 Å². The summed E-state index contributed by atoms with van der Waals surface area (Å²) in [5.74, 6) is 0. The van der Waals surface area contributed by atoms with E-state index in [1.165, 1.54) is 11.0 Å². The molecule has 4 rings (SSSR count). The molecule has 6 nitrogen and oxygen atoms in total. The second-order valence-corrected chi connectivity index (χ2v) is 8.47. The number of para-hydroxylation sites is 1. The van der Waals surface area contributed by atoms with Gasteiger partial charge in [0.25, 0.3) is 10.0 Å². The Morgan fingerprint density at radius 2 is 1.59 bits per heavy atom. The Morgan fingerprint density at radius 1 is 0.931 bits per heavy atom. The Kier molecular flexibility index (Phi) is 4.57. The highest BCUT2D eigenvalue weighted by Gasteiger charge is 2.42. The molecule has 0 saturated heterocycles. The number of sulfonamides is 1. The van der Waals surface area contributed by atoms with Crippen LogP contribution >= 0.6 is 0 Å². The minimum atomic E-state index is -4.06. The predicted molar refractivity (Wildman–Crippen MR) is 110 cm³/mol. The van der Waals surface area contributed by atoms with Gasteiger partial charge >= 0.3 is 6.03 Å². The third kappa shape index (κ3) is 3.13. The summed E-state index contributed by atoms with van der Waals surface area (Å²) in [6.07, 6.45) is 0. The number of rotatable bonds is 3. The maximum Gasteiger partial charge on any atom is 0.343 e. The highest BCUT2D eigenvalue weighted by Crippen LogP contribution is 2.38. The summed E-state index contributed by atoms with van der Waals surface area (Å²) in [6, 6.07) is 21.5. The van der Waals surface area contributed by atoms with Gasteiger partial charge in [-0.3, -0.25) is 4.90 Å². The Hall–Kier alpha value is -3.63. The van der Waals surface area contributed by atoms with E-state index in [4.69, 9.17) is 0 Å². The van der Waals surface area contributed by atoms with Crippen molar-refractivity contribution in [1.29, 1.82) is 5.26 Å². The van der Waals surface area contributed by atoms with Crippen molar-refractivity contribution in [1.82, 2.24) is 0 Å². The Balaban J connectivity index is 1.88. The number of nitriles is 1. The van der Waals surface area contributed by atoms with Crippen LogP contribution in [-0.4, -0.2) is 14.4 Å². The van der Waals surface area contributed by atoms with Crippen LogP contribution in [0.15, 0.2) is 77.7 Å². The molecule has 1 aliphatic rings. The molecule has 2 amide bonds. The fourth-order valence-corrected chi connectivity index (χ4v) is 4.93. The van der Waals surface area contributed by atoms with Crippen molar-refractivity contribution < 1.29 is 13.2 Å². The fraction of sp³-hybridized carbons (Fsp3) is 0.0909. The van der Waals surface area contributed by atoms with Gasteiger partial charge in [-0.15, -0.1) is 0 Å². The molecule has 3 aromatic rings. The largest absolute Gasteiger partial charge is 0.343 e. The topological polar surface area (TPSA) is 81.5 Å². The van der Waals surface area contributed by atoms with E-state index in [0.29, 0.717) is 16.8 Å². The minimum absolute atomic E-state index is 0.0506. The predicted octanol–water partition coefficient (Wildman–Crippen LogP) is 4.20. The zero-order valence-electron chi connectivity index (χ0n) is 15.6. The van der Waals surface area contributed by atoms with Crippen molar-refractivity contribution in [3.05, 3.63) is 89.5 Å². The SMILES string of the molecule is Cc1ccc(N2C(=O)N(Cc3ccccc3C#N)c3ccccc3S2(=O)=O)cc1. The van der Waals surface area contributed by atoms with Gasteiger partial charge in [-0.2, -0.15) is 9.57 Å². The van der Waals surface area contributed by atoms with Crippen LogP contribution < -0.4 is 9.21 Å². The average molecular weight is 403 g/mol. The zero-order valence-corrected chi connectivity index (χ0v) is 16.4. The first-order valence-corrected chi connectivity index (χ1v) is 10.4. The maximum atomic E-state index is 13.4. The van der Waals surface area contributed by atoms with E-state index in [1.54, 1.807) is 66.7 Å². The summed E-state index contributed by atoms with van der Waals surface area (Å²) in [6.45, 7) is 1.97. The van der Waals surface area contributed by atoms with Crippen molar-refractivity contribution in [2.24, 2.45) is 0 Å². The molecule has 1 aliphatic heterocycles. The zero-order chi connectivity index (χ0) is 20.6. The highest BCUT2D eigenvalue weighted by molar-refractivity contribution is 7.94. The maximum absolute atomic E-state index is 13.4. The highest BCUT2D eigenvalue weighted by atomic mass is 32.2. The number of aryl methyl sites for hydroxylation is 1. The van der Waals surface area contributed by atoms with Gasteiger partial charge in [0.05, 0.1) is 29.6 Å². The van der Waals surface area contributed by atoms with E-state index in [9.17, 15) is 18.5 Å². The Morgan fingerprint density at radius 3 is 2.31 bits per heavy atom. The standard InChI is InChI=1S/C22H17N3O3S/c1-16-10-12-19(13-11-16)25-22(26)24(15-18-7-3-2-6-17(18)14-23)20-8-4-5-9-21(20)29(25,27)28/h2-13H,15H2,1H3. The lowest BCUT2D eigenvalue weighted by molar-refractivity contribution is 0.253. The van der Waals surface area contributed by atoms with Crippen LogP contribution in [-0.2, 0) is 16.6 Å². The summed E-state index contributed by atoms with van der Waals surface area (Å²) in [4.78, 5) is 14.8. The smallest absolute Gasteiger partial charge is 0.287 e. The molecule has 0 N–H and O–H groups in total. The molecule has 0 aromatic heterocycles. The molecule has 29 heavy (non-hydrogen) atoms. The number of anilines is 2. The average Bonchev–Trinajstić information content (AvgIpc) is 2.73. The lowest BCUT2D eigenvalue weighted by Gasteiger charge is -2.36. The van der Waals surface area contributed by atoms with Gasteiger partial charge < -0.3 is 0 Å². The van der Waals surface area contributed by atoms with E-state index in [0.717, 1.165) is 9.87 Å². The number of fused-ring (bicyclic) bond motifs is 1. The summed E-state index contributed by atoms with van der Waals surface area (Å²) < 4.78 is 27.3. The number of carbonyl (C=O) groups is 1. The second-order valence-electron chi connectivity index (χ2n) is 6.71. The van der Waals surface area contributed by atoms with E-state index in [1.807, 2.05) is 6.92 Å². The first-order valence-electron chi connectivity index (χ1n) is 8.94. The molecule has 0 fully saturated rings. The van der Waals surface area contributed by atoms with Crippen molar-refractivity contribution >= 4 is 27.4 Å². The number of carbonyl (C=O) groups excluding carboxylic acids is 1. The van der Waals surface area contributed by atoms with Crippen LogP contribution in [0.3, 0.4) is 0 Å². The first-order chi connectivity index (χ1) is 13.9. The molecule has 0 radical (unpaired) electrons. The van der Waals surface area contributed by atoms with Gasteiger partial charge in [0.2, 0.25) is 0 Å². The van der Waals surface area contributed by atoms with Crippen LogP contribution in [0.1, 0.15) is 16.7 Å². The number of benzene rings is 3. The second kappa shape index (κ2) is 7.08. The van der Waals surface area contributed by atoms with Crippen LogP contribution in [0.2, 0.25) is 0 Å². The van der Waals surface area contributed by atoms with Crippen LogP contribution in [0.4, 0.5) is 16.2 Å². The van der Waals surface area contributed by atoms with Gasteiger partial charge in [-0.05, 0) is 42.8 Å². The molecule has 0 spiro atoms. The molecule has 0 bridgehead atoms. The van der Waals surface area contributed by atoms with Gasteiger partial charge in [0.1, 0.15) is 4.90 Å². The molecule has 144 valence electrons. The summed E-state index contributed by atoms with van der Waals surface area (Å²) >= 11 is 0. The van der Waals surface area contributed by atoms with E-state index in [-0.39, 0.29) is 17.1 Å². The molecule has 0 saturated carbocycles. The molecule has 0 aliphatic carbocycles. The van der Waals surface area contributed by atoms with Crippen LogP contribution in [0.5, 0.6) is 0 Å². The van der Waals surface area contributed by atoms with Crippen LogP contribution in [0, 0.1) is 18.3 Å². The lowest BCUT2D eigenvalue weighted by Crippen LogP contribution is -2.50. The van der Waals surface area contributed by atoms with Crippen molar-refractivity contribution in [2.45, 2.75) is 18.4 Å². The number of hydrogen-bond acceptors (Lipinski definition) is 4. The molecule has 3 aromatic carbocycles. The Bertz CT molecular complexity index is 1240. The fourth-order valence-electron chi connectivity index (χ4n) is 3.33. The van der Waals surface area contributed by atoms with Crippen molar-refractivity contribution in [2.75, 3.05) is 9.21 Å². The quantitative estimate of drug-likeness (QED) is 0.656. The first kappa shape index (κ1) is 18.7. The van der Waals surface area contributed by atoms with E-state index in [2.05, 4.69) is 6.07 Å². The third-order valence-electron chi connectivity index (χ3n) is 4.81. The number of amides is 2. The number of hydrogen-bond donors (Lipinski definition) is 0. The van der Waals surface area contributed by atoms with E-state index < -0.39 is 16.1 Å². The monoisotopic (exact) mass is 403 g/mol. The summed E-state index contributed by atoms with van der Waals surface area (Å²) in [5.41, 5.74) is 2.60. The molecule has 1 heterocycles. The molecule has 0 unspecified atom stereocenters. The minimum Gasteiger partial charge on any atom is -0.287 e. The van der Waals surface area contributed by atoms with Gasteiger partial charge in [-0.1, -0.05) is 48.0 Å². The van der Waals surface area contributed by atoms with Gasteiger partial charge in [0, 0.05) is 0 Å². The number of nitrogens with zero attached hydrogens (tertiary/aromatic N) is 3. The third-order valence-corrected chi connectivity index (χ3v) is 6.56. The van der Waals surface area contributed by atoms with Crippen LogP contribution in [0.25, 0.3) is 0 Å². The molecule has 0 atom stereocenters. The summed E-state index contributed by atoms with van der Waals surface area (Å²) in [7, 11) is -4.06. The normalized spacial score (nSPS) is 15.0. The Labute approximate surface area is 169 Å². The van der Waals surface area contributed by atoms with Crippen molar-refractivity contribution in [3.8, 4) is 6.07 Å². The number of urea groups is 1. The van der Waals surface area contributed by atoms with E-state index >= 15 is 0 Å².